The Kier molecular flexibility index (Phi) is 4.30. The lowest BCUT2D eigenvalue weighted by Crippen LogP contribution is -2.42. The Bertz CT molecular complexity index is 544. The van der Waals surface area contributed by atoms with Gasteiger partial charge in [-0.2, -0.15) is 0 Å². The number of carbonyl (C=O) groups excluding carboxylic acids is 2. The molecule has 4 nitrogen and oxygen atoms in total. The summed E-state index contributed by atoms with van der Waals surface area (Å²) in [4.78, 5) is 26.0. The Morgan fingerprint density at radius 1 is 1.15 bits per heavy atom. The number of amides is 2. The molecule has 0 saturated carbocycles. The molecule has 5 heteroatoms. The van der Waals surface area contributed by atoms with Crippen LogP contribution in [0.4, 0.5) is 0 Å². The molecular formula is C15H18BrNO3. The molecule has 0 aromatic heterocycles. The molecule has 0 bridgehead atoms. The van der Waals surface area contributed by atoms with Gasteiger partial charge in [0.15, 0.2) is 0 Å². The van der Waals surface area contributed by atoms with Crippen LogP contribution >= 0.6 is 15.9 Å². The van der Waals surface area contributed by atoms with Gasteiger partial charge in [-0.05, 0) is 31.0 Å². The maximum atomic E-state index is 12.4. The van der Waals surface area contributed by atoms with Crippen molar-refractivity contribution >= 4 is 27.7 Å². The van der Waals surface area contributed by atoms with E-state index < -0.39 is 5.41 Å². The van der Waals surface area contributed by atoms with Gasteiger partial charge < -0.3 is 5.11 Å². The van der Waals surface area contributed by atoms with Gasteiger partial charge in [0, 0.05) is 16.4 Å². The van der Waals surface area contributed by atoms with E-state index in [1.807, 2.05) is 13.8 Å². The van der Waals surface area contributed by atoms with Crippen molar-refractivity contribution in [1.82, 2.24) is 4.90 Å². The lowest BCUT2D eigenvalue weighted by atomic mass is 9.82. The molecule has 1 aliphatic heterocycles. The van der Waals surface area contributed by atoms with Crippen molar-refractivity contribution in [3.8, 4) is 0 Å². The fourth-order valence-electron chi connectivity index (χ4n) is 2.49. The number of halogens is 1. The standard InChI is InChI=1S/C15H18BrNO3/c1-3-15(4-2,9-18)8-17-13(19)11-6-5-10(16)7-12(11)14(17)20/h5-7,18H,3-4,8-9H2,1-2H3. The smallest absolute Gasteiger partial charge is 0.261 e. The number of carbonyl (C=O) groups is 2. The predicted molar refractivity (Wildman–Crippen MR) is 79.6 cm³/mol. The minimum atomic E-state index is -0.412. The van der Waals surface area contributed by atoms with Crippen molar-refractivity contribution in [3.05, 3.63) is 33.8 Å². The Balaban J connectivity index is 2.33. The summed E-state index contributed by atoms with van der Waals surface area (Å²) >= 11 is 3.31. The number of imide groups is 1. The van der Waals surface area contributed by atoms with E-state index in [0.717, 1.165) is 17.3 Å². The molecule has 0 unspecified atom stereocenters. The van der Waals surface area contributed by atoms with Crippen LogP contribution in [0.2, 0.25) is 0 Å². The second kappa shape index (κ2) is 5.66. The Labute approximate surface area is 126 Å². The molecule has 0 aliphatic carbocycles. The molecule has 20 heavy (non-hydrogen) atoms. The summed E-state index contributed by atoms with van der Waals surface area (Å²) in [6.07, 6.45) is 1.44. The average molecular weight is 340 g/mol. The summed E-state index contributed by atoms with van der Waals surface area (Å²) in [6, 6.07) is 5.10. The van der Waals surface area contributed by atoms with Crippen LogP contribution < -0.4 is 0 Å². The largest absolute Gasteiger partial charge is 0.396 e. The number of aliphatic hydroxyl groups is 1. The average Bonchev–Trinajstić information content (AvgIpc) is 2.69. The van der Waals surface area contributed by atoms with E-state index in [4.69, 9.17) is 0 Å². The third-order valence-corrected chi connectivity index (χ3v) is 4.75. The minimum absolute atomic E-state index is 0.0307. The van der Waals surface area contributed by atoms with E-state index in [1.54, 1.807) is 18.2 Å². The van der Waals surface area contributed by atoms with E-state index in [2.05, 4.69) is 15.9 Å². The van der Waals surface area contributed by atoms with Gasteiger partial charge in [0.05, 0.1) is 17.7 Å². The quantitative estimate of drug-likeness (QED) is 0.839. The predicted octanol–water partition coefficient (Wildman–Crippen LogP) is 2.84. The topological polar surface area (TPSA) is 57.6 Å². The molecule has 0 radical (unpaired) electrons. The molecule has 1 heterocycles. The Morgan fingerprint density at radius 2 is 1.75 bits per heavy atom. The number of benzene rings is 1. The highest BCUT2D eigenvalue weighted by Gasteiger charge is 2.40. The summed E-state index contributed by atoms with van der Waals surface area (Å²) in [5.74, 6) is -0.539. The molecule has 1 aromatic rings. The monoisotopic (exact) mass is 339 g/mol. The molecule has 1 N–H and O–H groups in total. The maximum absolute atomic E-state index is 12.4. The maximum Gasteiger partial charge on any atom is 0.261 e. The number of aliphatic hydroxyl groups excluding tert-OH is 1. The van der Waals surface area contributed by atoms with Gasteiger partial charge in [-0.3, -0.25) is 14.5 Å². The first kappa shape index (κ1) is 15.2. The number of fused-ring (bicyclic) bond motifs is 1. The Morgan fingerprint density at radius 3 is 2.30 bits per heavy atom. The van der Waals surface area contributed by atoms with Gasteiger partial charge in [-0.15, -0.1) is 0 Å². The van der Waals surface area contributed by atoms with Gasteiger partial charge in [0.25, 0.3) is 11.8 Å². The van der Waals surface area contributed by atoms with Crippen LogP contribution in [0, 0.1) is 5.41 Å². The summed E-state index contributed by atoms with van der Waals surface area (Å²) in [5, 5.41) is 9.61. The van der Waals surface area contributed by atoms with Gasteiger partial charge in [-0.1, -0.05) is 29.8 Å². The van der Waals surface area contributed by atoms with Gasteiger partial charge in [-0.25, -0.2) is 0 Å². The lowest BCUT2D eigenvalue weighted by molar-refractivity contribution is 0.0438. The third kappa shape index (κ3) is 2.40. The third-order valence-electron chi connectivity index (χ3n) is 4.26. The molecule has 1 aliphatic rings. The molecule has 2 rings (SSSR count). The van der Waals surface area contributed by atoms with E-state index >= 15 is 0 Å². The molecule has 0 atom stereocenters. The van der Waals surface area contributed by atoms with Crippen molar-refractivity contribution in [1.29, 1.82) is 0 Å². The first-order chi connectivity index (χ1) is 9.48. The van der Waals surface area contributed by atoms with Crippen LogP contribution in [-0.2, 0) is 0 Å². The molecule has 2 amide bonds. The van der Waals surface area contributed by atoms with Gasteiger partial charge in [0.1, 0.15) is 0 Å². The van der Waals surface area contributed by atoms with Crippen molar-refractivity contribution in [3.63, 3.8) is 0 Å². The van der Waals surface area contributed by atoms with Crippen LogP contribution in [0.1, 0.15) is 47.4 Å². The zero-order chi connectivity index (χ0) is 14.9. The molecule has 0 saturated heterocycles. The molecule has 0 spiro atoms. The minimum Gasteiger partial charge on any atom is -0.396 e. The van der Waals surface area contributed by atoms with E-state index in [9.17, 15) is 14.7 Å². The lowest BCUT2D eigenvalue weighted by Gasteiger charge is -2.32. The summed E-state index contributed by atoms with van der Waals surface area (Å²) in [5.41, 5.74) is 0.464. The number of rotatable bonds is 5. The molecular weight excluding hydrogens is 322 g/mol. The normalized spacial score (nSPS) is 14.9. The highest BCUT2D eigenvalue weighted by Crippen LogP contribution is 2.32. The van der Waals surface area contributed by atoms with Crippen molar-refractivity contribution in [2.24, 2.45) is 5.41 Å². The Hall–Kier alpha value is -1.20. The number of hydrogen-bond donors (Lipinski definition) is 1. The van der Waals surface area contributed by atoms with Crippen LogP contribution in [0.15, 0.2) is 22.7 Å². The number of hydrogen-bond acceptors (Lipinski definition) is 3. The first-order valence-corrected chi connectivity index (χ1v) is 7.54. The van der Waals surface area contributed by atoms with Crippen LogP contribution in [-0.4, -0.2) is 35.0 Å². The van der Waals surface area contributed by atoms with Gasteiger partial charge >= 0.3 is 0 Å². The summed E-state index contributed by atoms with van der Waals surface area (Å²) < 4.78 is 0.777. The van der Waals surface area contributed by atoms with E-state index in [-0.39, 0.29) is 25.0 Å². The van der Waals surface area contributed by atoms with Crippen molar-refractivity contribution < 1.29 is 14.7 Å². The fraction of sp³-hybridized carbons (Fsp3) is 0.467. The highest BCUT2D eigenvalue weighted by molar-refractivity contribution is 9.10. The second-order valence-corrected chi connectivity index (χ2v) is 6.17. The highest BCUT2D eigenvalue weighted by atomic mass is 79.9. The fourth-order valence-corrected chi connectivity index (χ4v) is 2.85. The molecule has 108 valence electrons. The van der Waals surface area contributed by atoms with E-state index in [1.165, 1.54) is 4.90 Å². The summed E-state index contributed by atoms with van der Waals surface area (Å²) in [7, 11) is 0. The second-order valence-electron chi connectivity index (χ2n) is 5.25. The first-order valence-electron chi connectivity index (χ1n) is 6.74. The zero-order valence-electron chi connectivity index (χ0n) is 11.6. The summed E-state index contributed by atoms with van der Waals surface area (Å²) in [6.45, 7) is 4.17. The van der Waals surface area contributed by atoms with E-state index in [0.29, 0.717) is 11.1 Å². The SMILES string of the molecule is CCC(CC)(CO)CN1C(=O)c2ccc(Br)cc2C1=O. The van der Waals surface area contributed by atoms with Crippen LogP contribution in [0.5, 0.6) is 0 Å². The van der Waals surface area contributed by atoms with Crippen molar-refractivity contribution in [2.75, 3.05) is 13.2 Å². The zero-order valence-corrected chi connectivity index (χ0v) is 13.2. The van der Waals surface area contributed by atoms with Gasteiger partial charge in [0.2, 0.25) is 0 Å². The van der Waals surface area contributed by atoms with Crippen molar-refractivity contribution in [2.45, 2.75) is 26.7 Å². The number of nitrogens with zero attached hydrogens (tertiary/aromatic N) is 1. The molecule has 0 fully saturated rings. The molecule has 1 aromatic carbocycles. The van der Waals surface area contributed by atoms with Crippen LogP contribution in [0.3, 0.4) is 0 Å². The van der Waals surface area contributed by atoms with Crippen LogP contribution in [0.25, 0.3) is 0 Å².